The second-order valence-corrected chi connectivity index (χ2v) is 5.55. The van der Waals surface area contributed by atoms with E-state index in [1.807, 2.05) is 0 Å². The summed E-state index contributed by atoms with van der Waals surface area (Å²) in [5.41, 5.74) is 6.35. The van der Waals surface area contributed by atoms with Crippen LogP contribution in [0, 0.1) is 16.0 Å². The number of nitro benzene ring substituents is 1. The molecule has 1 fully saturated rings. The number of nitrogens with zero attached hydrogens (tertiary/aromatic N) is 2. The van der Waals surface area contributed by atoms with Gasteiger partial charge < -0.3 is 15.2 Å². The van der Waals surface area contributed by atoms with Crippen molar-refractivity contribution in [3.8, 4) is 5.75 Å². The van der Waals surface area contributed by atoms with E-state index in [2.05, 4.69) is 9.64 Å². The highest BCUT2D eigenvalue weighted by molar-refractivity contribution is 5.71. The van der Waals surface area contributed by atoms with Crippen LogP contribution in [0.1, 0.15) is 12.0 Å². The fourth-order valence-corrected chi connectivity index (χ4v) is 2.63. The van der Waals surface area contributed by atoms with Gasteiger partial charge in [0, 0.05) is 19.2 Å². The Kier molecular flexibility index (Phi) is 5.89. The number of rotatable bonds is 7. The highest BCUT2D eigenvalue weighted by Gasteiger charge is 2.23. The van der Waals surface area contributed by atoms with Gasteiger partial charge in [0.25, 0.3) is 0 Å². The van der Waals surface area contributed by atoms with Crippen LogP contribution in [-0.4, -0.2) is 49.1 Å². The Morgan fingerprint density at radius 2 is 2.30 bits per heavy atom. The number of benzene rings is 1. The SMILES string of the molecule is COC(=O)COc1ccc(CN2CCC(CN)C2)cc1[N+](=O)[O-]. The van der Waals surface area contributed by atoms with Crippen LogP contribution in [0.2, 0.25) is 0 Å². The van der Waals surface area contributed by atoms with Crippen molar-refractivity contribution in [2.45, 2.75) is 13.0 Å². The van der Waals surface area contributed by atoms with Gasteiger partial charge in [0.2, 0.25) is 0 Å². The smallest absolute Gasteiger partial charge is 0.343 e. The topological polar surface area (TPSA) is 108 Å². The number of hydrogen-bond donors (Lipinski definition) is 1. The Hall–Kier alpha value is -2.19. The van der Waals surface area contributed by atoms with Gasteiger partial charge in [-0.05, 0) is 37.1 Å². The molecule has 0 bridgehead atoms. The van der Waals surface area contributed by atoms with Gasteiger partial charge in [0.05, 0.1) is 12.0 Å². The molecular formula is C15H21N3O5. The molecule has 8 nitrogen and oxygen atoms in total. The van der Waals surface area contributed by atoms with Crippen molar-refractivity contribution < 1.29 is 19.2 Å². The molecule has 0 aliphatic carbocycles. The van der Waals surface area contributed by atoms with E-state index < -0.39 is 10.9 Å². The van der Waals surface area contributed by atoms with Crippen LogP contribution in [-0.2, 0) is 16.1 Å². The number of carbonyl (C=O) groups is 1. The third-order valence-electron chi connectivity index (χ3n) is 3.90. The first kappa shape index (κ1) is 17.2. The van der Waals surface area contributed by atoms with Gasteiger partial charge in [-0.25, -0.2) is 4.79 Å². The van der Waals surface area contributed by atoms with Crippen molar-refractivity contribution in [2.24, 2.45) is 11.7 Å². The summed E-state index contributed by atoms with van der Waals surface area (Å²) in [7, 11) is 1.23. The largest absolute Gasteiger partial charge is 0.475 e. The van der Waals surface area contributed by atoms with Crippen molar-refractivity contribution in [2.75, 3.05) is 33.4 Å². The molecule has 1 aromatic rings. The molecular weight excluding hydrogens is 302 g/mol. The van der Waals surface area contributed by atoms with Gasteiger partial charge >= 0.3 is 11.7 Å². The number of esters is 1. The lowest BCUT2D eigenvalue weighted by Crippen LogP contribution is -2.22. The molecule has 23 heavy (non-hydrogen) atoms. The molecule has 1 aromatic carbocycles. The van der Waals surface area contributed by atoms with E-state index in [-0.39, 0.29) is 18.0 Å². The number of nitro groups is 1. The molecule has 1 atom stereocenters. The molecule has 8 heteroatoms. The van der Waals surface area contributed by atoms with E-state index in [1.165, 1.54) is 19.2 Å². The van der Waals surface area contributed by atoms with Crippen LogP contribution < -0.4 is 10.5 Å². The monoisotopic (exact) mass is 323 g/mol. The average Bonchev–Trinajstić information content (AvgIpc) is 3.00. The molecule has 1 aliphatic heterocycles. The fraction of sp³-hybridized carbons (Fsp3) is 0.533. The van der Waals surface area contributed by atoms with Crippen molar-refractivity contribution in [1.82, 2.24) is 4.90 Å². The quantitative estimate of drug-likeness (QED) is 0.451. The van der Waals surface area contributed by atoms with E-state index in [9.17, 15) is 14.9 Å². The summed E-state index contributed by atoms with van der Waals surface area (Å²) in [4.78, 5) is 24.0. The maximum Gasteiger partial charge on any atom is 0.343 e. The Bertz CT molecular complexity index is 578. The number of nitrogens with two attached hydrogens (primary N) is 1. The van der Waals surface area contributed by atoms with E-state index >= 15 is 0 Å². The third kappa shape index (κ3) is 4.64. The fourth-order valence-electron chi connectivity index (χ4n) is 2.63. The number of methoxy groups -OCH3 is 1. The third-order valence-corrected chi connectivity index (χ3v) is 3.90. The molecule has 0 saturated carbocycles. The first-order valence-electron chi connectivity index (χ1n) is 7.42. The van der Waals surface area contributed by atoms with E-state index in [4.69, 9.17) is 10.5 Å². The molecule has 1 unspecified atom stereocenters. The lowest BCUT2D eigenvalue weighted by molar-refractivity contribution is -0.385. The first-order valence-corrected chi connectivity index (χ1v) is 7.42. The minimum atomic E-state index is -0.590. The van der Waals surface area contributed by atoms with Gasteiger partial charge in [-0.1, -0.05) is 6.07 Å². The summed E-state index contributed by atoms with van der Waals surface area (Å²) in [6, 6.07) is 4.78. The van der Waals surface area contributed by atoms with Crippen LogP contribution in [0.4, 0.5) is 5.69 Å². The van der Waals surface area contributed by atoms with Gasteiger partial charge in [0.15, 0.2) is 12.4 Å². The zero-order valence-electron chi connectivity index (χ0n) is 13.1. The highest BCUT2D eigenvalue weighted by Crippen LogP contribution is 2.29. The van der Waals surface area contributed by atoms with E-state index in [1.54, 1.807) is 6.07 Å². The van der Waals surface area contributed by atoms with Crippen LogP contribution in [0.15, 0.2) is 18.2 Å². The second kappa shape index (κ2) is 7.89. The minimum absolute atomic E-state index is 0.0606. The molecule has 0 amide bonds. The predicted molar refractivity (Wildman–Crippen MR) is 83.0 cm³/mol. The van der Waals surface area contributed by atoms with Crippen molar-refractivity contribution in [3.05, 3.63) is 33.9 Å². The normalized spacial score (nSPS) is 17.9. The van der Waals surface area contributed by atoms with Crippen LogP contribution in [0.3, 0.4) is 0 Å². The Balaban J connectivity index is 2.06. The Morgan fingerprint density at radius 3 is 2.91 bits per heavy atom. The molecule has 0 radical (unpaired) electrons. The lowest BCUT2D eigenvalue weighted by atomic mass is 10.1. The Morgan fingerprint density at radius 1 is 1.52 bits per heavy atom. The van der Waals surface area contributed by atoms with Gasteiger partial charge in [0.1, 0.15) is 0 Å². The molecule has 126 valence electrons. The number of carbonyl (C=O) groups excluding carboxylic acids is 1. The summed E-state index contributed by atoms with van der Waals surface area (Å²) < 4.78 is 9.62. The number of likely N-dealkylation sites (tertiary alicyclic amines) is 1. The van der Waals surface area contributed by atoms with Crippen LogP contribution >= 0.6 is 0 Å². The average molecular weight is 323 g/mol. The summed E-state index contributed by atoms with van der Waals surface area (Å²) >= 11 is 0. The summed E-state index contributed by atoms with van der Waals surface area (Å²) in [5.74, 6) is -0.0358. The maximum absolute atomic E-state index is 11.2. The minimum Gasteiger partial charge on any atom is -0.475 e. The number of hydrogen-bond acceptors (Lipinski definition) is 7. The van der Waals surface area contributed by atoms with Crippen LogP contribution in [0.5, 0.6) is 5.75 Å². The summed E-state index contributed by atoms with van der Waals surface area (Å²) in [6.07, 6.45) is 1.05. The molecule has 1 aliphatic rings. The van der Waals surface area contributed by atoms with Crippen LogP contribution in [0.25, 0.3) is 0 Å². The van der Waals surface area contributed by atoms with Gasteiger partial charge in [-0.3, -0.25) is 15.0 Å². The predicted octanol–water partition coefficient (Wildman–Crippen LogP) is 0.927. The number of ether oxygens (including phenoxy) is 2. The van der Waals surface area contributed by atoms with E-state index in [0.717, 1.165) is 25.1 Å². The zero-order valence-corrected chi connectivity index (χ0v) is 13.1. The molecule has 2 rings (SSSR count). The summed E-state index contributed by atoms with van der Waals surface area (Å²) in [5, 5.41) is 11.2. The van der Waals surface area contributed by atoms with Crippen molar-refractivity contribution >= 4 is 11.7 Å². The lowest BCUT2D eigenvalue weighted by Gasteiger charge is -2.16. The zero-order chi connectivity index (χ0) is 16.8. The standard InChI is InChI=1S/C15H21N3O5/c1-22-15(19)10-23-14-3-2-11(6-13(14)18(20)21)8-17-5-4-12(7-16)9-17/h2-3,6,12H,4-5,7-10,16H2,1H3. The van der Waals surface area contributed by atoms with Gasteiger partial charge in [-0.2, -0.15) is 0 Å². The Labute approximate surface area is 134 Å². The van der Waals surface area contributed by atoms with E-state index in [0.29, 0.717) is 19.0 Å². The van der Waals surface area contributed by atoms with Crippen molar-refractivity contribution in [3.63, 3.8) is 0 Å². The maximum atomic E-state index is 11.2. The first-order chi connectivity index (χ1) is 11.0. The molecule has 1 heterocycles. The van der Waals surface area contributed by atoms with Gasteiger partial charge in [-0.15, -0.1) is 0 Å². The molecule has 0 spiro atoms. The van der Waals surface area contributed by atoms with Crippen molar-refractivity contribution in [1.29, 1.82) is 0 Å². The second-order valence-electron chi connectivity index (χ2n) is 5.55. The molecule has 0 aromatic heterocycles. The molecule has 2 N–H and O–H groups in total. The highest BCUT2D eigenvalue weighted by atomic mass is 16.6. The summed E-state index contributed by atoms with van der Waals surface area (Å²) in [6.45, 7) is 2.79. The molecule has 1 saturated heterocycles.